The minimum atomic E-state index is -4.76. The zero-order valence-corrected chi connectivity index (χ0v) is 17.2. The van der Waals surface area contributed by atoms with Crippen LogP contribution in [0.2, 0.25) is 0 Å². The van der Waals surface area contributed by atoms with E-state index < -0.39 is 22.8 Å². The Morgan fingerprint density at radius 1 is 1.28 bits per heavy atom. The number of allylic oxidation sites excluding steroid dienone is 1. The van der Waals surface area contributed by atoms with Crippen molar-refractivity contribution in [3.8, 4) is 0 Å². The number of anilines is 2. The summed E-state index contributed by atoms with van der Waals surface area (Å²) in [5, 5.41) is 5.88. The molecule has 3 rings (SSSR count). The van der Waals surface area contributed by atoms with Crippen LogP contribution in [0.15, 0.2) is 48.8 Å². The van der Waals surface area contributed by atoms with E-state index in [1.54, 1.807) is 4.90 Å². The average Bonchev–Trinajstić information content (AvgIpc) is 3.28. The lowest BCUT2D eigenvalue weighted by Gasteiger charge is -2.21. The minimum Gasteiger partial charge on any atom is -0.405 e. The molecule has 0 atom stereocenters. The van der Waals surface area contributed by atoms with E-state index in [9.17, 15) is 22.4 Å². The Balaban J connectivity index is 1.83. The van der Waals surface area contributed by atoms with Gasteiger partial charge in [0.15, 0.2) is 0 Å². The summed E-state index contributed by atoms with van der Waals surface area (Å²) in [6.45, 7) is 1.33. The number of aromatic nitrogens is 1. The summed E-state index contributed by atoms with van der Waals surface area (Å²) < 4.78 is 58.4. The maximum absolute atomic E-state index is 13.6. The second-order valence-electron chi connectivity index (χ2n) is 6.77. The first kappa shape index (κ1) is 23.5. The van der Waals surface area contributed by atoms with Gasteiger partial charge >= 0.3 is 11.3 Å². The Morgan fingerprint density at radius 2 is 1.97 bits per heavy atom. The van der Waals surface area contributed by atoms with Gasteiger partial charge in [0, 0.05) is 29.6 Å². The highest BCUT2D eigenvalue weighted by Crippen LogP contribution is 2.45. The first-order chi connectivity index (χ1) is 15.0. The van der Waals surface area contributed by atoms with Gasteiger partial charge in [-0.05, 0) is 42.1 Å². The SMILES string of the molecule is N=C(C=CN)c1cc(C(=O)Nc2ccc(C(F)(F)C(F)(F)Cl)cc2)cnc1N1CCOC1. The van der Waals surface area contributed by atoms with E-state index in [1.807, 2.05) is 0 Å². The van der Waals surface area contributed by atoms with E-state index in [-0.39, 0.29) is 23.7 Å². The van der Waals surface area contributed by atoms with Crippen LogP contribution in [0.3, 0.4) is 0 Å². The van der Waals surface area contributed by atoms with Crippen molar-refractivity contribution in [1.29, 1.82) is 5.41 Å². The van der Waals surface area contributed by atoms with Crippen molar-refractivity contribution in [2.24, 2.45) is 5.73 Å². The van der Waals surface area contributed by atoms with Gasteiger partial charge in [-0.2, -0.15) is 17.6 Å². The van der Waals surface area contributed by atoms with Crippen LogP contribution in [0.1, 0.15) is 21.5 Å². The second-order valence-corrected chi connectivity index (χ2v) is 7.25. The predicted octanol–water partition coefficient (Wildman–Crippen LogP) is 3.89. The van der Waals surface area contributed by atoms with Crippen molar-refractivity contribution in [3.05, 3.63) is 65.5 Å². The van der Waals surface area contributed by atoms with Crippen LogP contribution < -0.4 is 16.0 Å². The minimum absolute atomic E-state index is 0.0186. The van der Waals surface area contributed by atoms with Gasteiger partial charge in [-0.3, -0.25) is 4.79 Å². The highest BCUT2D eigenvalue weighted by molar-refractivity contribution is 6.22. The van der Waals surface area contributed by atoms with E-state index in [0.717, 1.165) is 24.3 Å². The van der Waals surface area contributed by atoms with Gasteiger partial charge in [0.25, 0.3) is 5.91 Å². The van der Waals surface area contributed by atoms with Crippen molar-refractivity contribution in [2.45, 2.75) is 11.3 Å². The molecule has 170 valence electrons. The molecule has 32 heavy (non-hydrogen) atoms. The molecule has 1 aliphatic heterocycles. The molecular formula is C20H18ClF4N5O2. The number of pyridine rings is 1. The van der Waals surface area contributed by atoms with E-state index in [1.165, 1.54) is 24.5 Å². The zero-order valence-electron chi connectivity index (χ0n) is 16.4. The average molecular weight is 472 g/mol. The van der Waals surface area contributed by atoms with Crippen molar-refractivity contribution in [2.75, 3.05) is 30.1 Å². The van der Waals surface area contributed by atoms with Crippen LogP contribution in [0, 0.1) is 5.41 Å². The monoisotopic (exact) mass is 471 g/mol. The Kier molecular flexibility index (Phi) is 6.70. The van der Waals surface area contributed by atoms with E-state index in [0.29, 0.717) is 24.5 Å². The molecule has 12 heteroatoms. The lowest BCUT2D eigenvalue weighted by Crippen LogP contribution is -2.32. The maximum Gasteiger partial charge on any atom is 0.388 e. The number of halogens is 5. The van der Waals surface area contributed by atoms with Gasteiger partial charge in [-0.15, -0.1) is 0 Å². The summed E-state index contributed by atoms with van der Waals surface area (Å²) in [4.78, 5) is 18.7. The number of nitrogens with one attached hydrogen (secondary N) is 2. The Bertz CT molecular complexity index is 1040. The Morgan fingerprint density at radius 3 is 2.53 bits per heavy atom. The molecule has 1 aromatic heterocycles. The number of benzene rings is 1. The summed E-state index contributed by atoms with van der Waals surface area (Å²) in [6.07, 6.45) is 3.81. The van der Waals surface area contributed by atoms with Crippen LogP contribution in [-0.2, 0) is 10.7 Å². The first-order valence-electron chi connectivity index (χ1n) is 9.21. The molecule has 0 saturated carbocycles. The Hall–Kier alpha value is -3.18. The summed E-state index contributed by atoms with van der Waals surface area (Å²) in [7, 11) is 0. The van der Waals surface area contributed by atoms with Crippen molar-refractivity contribution < 1.29 is 27.1 Å². The fourth-order valence-electron chi connectivity index (χ4n) is 2.93. The van der Waals surface area contributed by atoms with Crippen molar-refractivity contribution in [3.63, 3.8) is 0 Å². The molecule has 0 bridgehead atoms. The number of amides is 1. The van der Waals surface area contributed by atoms with Crippen molar-refractivity contribution in [1.82, 2.24) is 4.98 Å². The topological polar surface area (TPSA) is 104 Å². The Labute approximate surface area is 185 Å². The molecule has 0 radical (unpaired) electrons. The molecule has 0 spiro atoms. The predicted molar refractivity (Wildman–Crippen MR) is 112 cm³/mol. The van der Waals surface area contributed by atoms with E-state index in [4.69, 9.17) is 15.9 Å². The van der Waals surface area contributed by atoms with Crippen LogP contribution in [0.25, 0.3) is 0 Å². The molecule has 1 amide bonds. The number of hydrogen-bond donors (Lipinski definition) is 3. The van der Waals surface area contributed by atoms with Gasteiger partial charge in [0.1, 0.15) is 12.5 Å². The third kappa shape index (κ3) is 4.83. The van der Waals surface area contributed by atoms with Gasteiger partial charge < -0.3 is 26.1 Å². The lowest BCUT2D eigenvalue weighted by molar-refractivity contribution is -0.164. The fourth-order valence-corrected chi connectivity index (χ4v) is 3.04. The van der Waals surface area contributed by atoms with Crippen LogP contribution in [0.5, 0.6) is 0 Å². The summed E-state index contributed by atoms with van der Waals surface area (Å²) in [6, 6.07) is 5.02. The number of nitrogens with zero attached hydrogens (tertiary/aromatic N) is 2. The lowest BCUT2D eigenvalue weighted by atomic mass is 10.1. The molecule has 4 N–H and O–H groups in total. The number of nitrogens with two attached hydrogens (primary N) is 1. The third-order valence-corrected chi connectivity index (χ3v) is 4.83. The maximum atomic E-state index is 13.6. The molecule has 2 aromatic rings. The fraction of sp³-hybridized carbons (Fsp3) is 0.250. The zero-order chi connectivity index (χ0) is 23.5. The van der Waals surface area contributed by atoms with Crippen molar-refractivity contribution >= 4 is 34.7 Å². The molecule has 1 aliphatic rings. The largest absolute Gasteiger partial charge is 0.405 e. The van der Waals surface area contributed by atoms with Crippen LogP contribution >= 0.6 is 11.6 Å². The molecular weight excluding hydrogens is 454 g/mol. The first-order valence-corrected chi connectivity index (χ1v) is 9.58. The van der Waals surface area contributed by atoms with Gasteiger partial charge in [0.2, 0.25) is 0 Å². The molecule has 1 saturated heterocycles. The summed E-state index contributed by atoms with van der Waals surface area (Å²) in [5.74, 6) is -4.78. The van der Waals surface area contributed by atoms with E-state index >= 15 is 0 Å². The van der Waals surface area contributed by atoms with Gasteiger partial charge in [0.05, 0.1) is 17.9 Å². The number of carbonyl (C=O) groups excluding carboxylic acids is 1. The highest BCUT2D eigenvalue weighted by Gasteiger charge is 2.56. The summed E-state index contributed by atoms with van der Waals surface area (Å²) in [5.41, 5.74) is 4.90. The van der Waals surface area contributed by atoms with Crippen LogP contribution in [-0.4, -0.2) is 41.9 Å². The number of rotatable bonds is 7. The molecule has 0 aliphatic carbocycles. The molecule has 1 aromatic carbocycles. The molecule has 1 fully saturated rings. The standard InChI is InChI=1S/C20H18ClF4N5O2/c21-20(24,25)19(22,23)13-1-3-14(4-2-13)29-18(31)12-9-15(16(27)5-6-26)17(28-10-12)30-7-8-32-11-30/h1-6,9-10,27H,7-8,11,26H2,(H,29,31). The van der Waals surface area contributed by atoms with Crippen LogP contribution in [0.4, 0.5) is 29.1 Å². The second kappa shape index (κ2) is 9.13. The molecule has 0 unspecified atom stereocenters. The van der Waals surface area contributed by atoms with E-state index in [2.05, 4.69) is 21.9 Å². The van der Waals surface area contributed by atoms with Gasteiger partial charge in [-0.25, -0.2) is 4.98 Å². The normalized spacial score (nSPS) is 14.7. The smallest absolute Gasteiger partial charge is 0.388 e. The highest BCUT2D eigenvalue weighted by atomic mass is 35.5. The molecule has 2 heterocycles. The third-order valence-electron chi connectivity index (χ3n) is 4.60. The quantitative estimate of drug-likeness (QED) is 0.323. The number of carbonyl (C=O) groups is 1. The summed E-state index contributed by atoms with van der Waals surface area (Å²) >= 11 is 4.48. The number of ether oxygens (including phenoxy) is 1. The van der Waals surface area contributed by atoms with Gasteiger partial charge in [-0.1, -0.05) is 12.1 Å². The number of hydrogen-bond acceptors (Lipinski definition) is 6. The molecule has 7 nitrogen and oxygen atoms in total. The number of alkyl halides is 5.